The van der Waals surface area contributed by atoms with E-state index in [9.17, 15) is 19.2 Å². The van der Waals surface area contributed by atoms with Crippen LogP contribution >= 0.6 is 11.3 Å². The van der Waals surface area contributed by atoms with E-state index in [0.29, 0.717) is 10.8 Å². The first-order valence-corrected chi connectivity index (χ1v) is 14.3. The number of carbonyl (C=O) groups is 4. The fourth-order valence-corrected chi connectivity index (χ4v) is 5.35. The molecule has 0 unspecified atom stereocenters. The zero-order valence-corrected chi connectivity index (χ0v) is 24.8. The van der Waals surface area contributed by atoms with E-state index in [1.807, 2.05) is 41.5 Å². The minimum absolute atomic E-state index is 0.0169. The Kier molecular flexibility index (Phi) is 9.87. The van der Waals surface area contributed by atoms with Crippen LogP contribution in [0, 0.1) is 24.7 Å². The molecule has 2 aromatic rings. The minimum Gasteiger partial charge on any atom is -0.443 e. The standard InChI is InChI=1S/C27H40N6O5S/c1-13(2)9-20(35)33-10-16(7)28-25(37)23-17(8)38-26(32-23)21(14(3)4)31-24(36)18-12-39-27(29-18)22(15(5)6)30-19(34)11-33/h12-16,21-22H,9-11H2,1-8H3,(H,28,37)(H,30,34)(H,31,36)/t16-,21-,22+/m1/s1. The van der Waals surface area contributed by atoms with E-state index in [4.69, 9.17) is 4.42 Å². The Hall–Kier alpha value is -3.28. The molecule has 12 heteroatoms. The van der Waals surface area contributed by atoms with Crippen LogP contribution in [0.2, 0.25) is 0 Å². The van der Waals surface area contributed by atoms with Crippen molar-refractivity contribution in [2.75, 3.05) is 13.1 Å². The van der Waals surface area contributed by atoms with Gasteiger partial charge in [-0.15, -0.1) is 11.3 Å². The smallest absolute Gasteiger partial charge is 0.273 e. The first kappa shape index (κ1) is 30.3. The SMILES string of the molecule is Cc1oc2nc1C(=O)N[C@H](C)CN(C(=O)CC(C)C)CC(=O)N[C@@H](C(C)C)c1nc(cs1)C(=O)N[C@@H]2C(C)C. The highest BCUT2D eigenvalue weighted by Crippen LogP contribution is 2.27. The first-order valence-electron chi connectivity index (χ1n) is 13.4. The van der Waals surface area contributed by atoms with Crippen molar-refractivity contribution < 1.29 is 23.6 Å². The number of aryl methyl sites for hydroxylation is 1. The van der Waals surface area contributed by atoms with E-state index in [1.165, 1.54) is 16.2 Å². The zero-order chi connectivity index (χ0) is 29.0. The number of carbonyl (C=O) groups excluding carboxylic acids is 4. The predicted octanol–water partition coefficient (Wildman–Crippen LogP) is 3.39. The lowest BCUT2D eigenvalue weighted by Gasteiger charge is -2.28. The summed E-state index contributed by atoms with van der Waals surface area (Å²) in [5, 5.41) is 11.1. The van der Waals surface area contributed by atoms with Gasteiger partial charge in [0.15, 0.2) is 5.69 Å². The monoisotopic (exact) mass is 560 g/mol. The fourth-order valence-electron chi connectivity index (χ4n) is 4.33. The van der Waals surface area contributed by atoms with Crippen molar-refractivity contribution >= 4 is 35.0 Å². The predicted molar refractivity (Wildman–Crippen MR) is 147 cm³/mol. The molecule has 4 bridgehead atoms. The molecule has 39 heavy (non-hydrogen) atoms. The molecule has 1 aliphatic rings. The molecule has 3 N–H and O–H groups in total. The Labute approximate surface area is 233 Å². The number of fused-ring (bicyclic) bond motifs is 4. The molecule has 3 rings (SSSR count). The molecule has 0 spiro atoms. The van der Waals surface area contributed by atoms with E-state index >= 15 is 0 Å². The number of hydrogen-bond donors (Lipinski definition) is 3. The Morgan fingerprint density at radius 3 is 2.31 bits per heavy atom. The number of hydrogen-bond acceptors (Lipinski definition) is 8. The third-order valence-corrected chi connectivity index (χ3v) is 7.32. The number of nitrogens with one attached hydrogen (secondary N) is 3. The van der Waals surface area contributed by atoms with Crippen molar-refractivity contribution in [1.82, 2.24) is 30.8 Å². The number of amides is 4. The summed E-state index contributed by atoms with van der Waals surface area (Å²) in [5.74, 6) is -0.853. The Bertz CT molecular complexity index is 1200. The summed E-state index contributed by atoms with van der Waals surface area (Å²) in [5.41, 5.74) is 0.317. The van der Waals surface area contributed by atoms with Gasteiger partial charge in [0.05, 0.1) is 12.6 Å². The Morgan fingerprint density at radius 2 is 1.69 bits per heavy atom. The van der Waals surface area contributed by atoms with Crippen LogP contribution in [0.5, 0.6) is 0 Å². The van der Waals surface area contributed by atoms with Gasteiger partial charge in [-0.2, -0.15) is 0 Å². The van der Waals surface area contributed by atoms with Crippen LogP contribution in [0.4, 0.5) is 0 Å². The molecule has 4 amide bonds. The van der Waals surface area contributed by atoms with Gasteiger partial charge in [-0.25, -0.2) is 9.97 Å². The Balaban J connectivity index is 2.03. The van der Waals surface area contributed by atoms with Crippen molar-refractivity contribution in [1.29, 1.82) is 0 Å². The van der Waals surface area contributed by atoms with Crippen LogP contribution in [0.1, 0.15) is 105 Å². The number of oxazole rings is 1. The van der Waals surface area contributed by atoms with Crippen LogP contribution in [0.25, 0.3) is 0 Å². The summed E-state index contributed by atoms with van der Waals surface area (Å²) in [6.45, 7) is 15.0. The van der Waals surface area contributed by atoms with Gasteiger partial charge in [0.25, 0.3) is 11.8 Å². The average Bonchev–Trinajstić information content (AvgIpc) is 3.46. The molecule has 0 aromatic carbocycles. The fraction of sp³-hybridized carbons (Fsp3) is 0.630. The highest BCUT2D eigenvalue weighted by molar-refractivity contribution is 7.09. The third kappa shape index (κ3) is 7.65. The van der Waals surface area contributed by atoms with Crippen LogP contribution < -0.4 is 16.0 Å². The third-order valence-electron chi connectivity index (χ3n) is 6.39. The first-order chi connectivity index (χ1) is 18.3. The summed E-state index contributed by atoms with van der Waals surface area (Å²) < 4.78 is 5.84. The van der Waals surface area contributed by atoms with Gasteiger partial charge in [-0.05, 0) is 31.6 Å². The van der Waals surface area contributed by atoms with Crippen molar-refractivity contribution in [3.63, 3.8) is 0 Å². The summed E-state index contributed by atoms with van der Waals surface area (Å²) in [6, 6.07) is -1.51. The van der Waals surface area contributed by atoms with Gasteiger partial charge in [0, 0.05) is 24.4 Å². The molecular formula is C27H40N6O5S. The second kappa shape index (κ2) is 12.7. The van der Waals surface area contributed by atoms with Gasteiger partial charge in [-0.3, -0.25) is 19.2 Å². The van der Waals surface area contributed by atoms with Crippen molar-refractivity contribution in [3.8, 4) is 0 Å². The Morgan fingerprint density at radius 1 is 1.03 bits per heavy atom. The highest BCUT2D eigenvalue weighted by atomic mass is 32.1. The maximum absolute atomic E-state index is 13.2. The minimum atomic E-state index is -0.594. The molecule has 3 heterocycles. The second-order valence-corrected chi connectivity index (χ2v) is 12.1. The summed E-state index contributed by atoms with van der Waals surface area (Å²) in [7, 11) is 0. The topological polar surface area (TPSA) is 147 Å². The van der Waals surface area contributed by atoms with Gasteiger partial charge < -0.3 is 25.3 Å². The molecular weight excluding hydrogens is 520 g/mol. The molecule has 3 atom stereocenters. The molecule has 0 saturated heterocycles. The molecule has 214 valence electrons. The summed E-state index contributed by atoms with van der Waals surface area (Å²) in [6.07, 6.45) is 0.273. The summed E-state index contributed by atoms with van der Waals surface area (Å²) in [4.78, 5) is 62.9. The molecule has 1 aliphatic heterocycles. The van der Waals surface area contributed by atoms with Gasteiger partial charge in [0.1, 0.15) is 22.5 Å². The van der Waals surface area contributed by atoms with E-state index in [-0.39, 0.29) is 66.4 Å². The number of rotatable bonds is 4. The van der Waals surface area contributed by atoms with Crippen LogP contribution in [-0.4, -0.2) is 57.6 Å². The number of nitrogens with zero attached hydrogens (tertiary/aromatic N) is 3. The van der Waals surface area contributed by atoms with E-state index < -0.39 is 29.9 Å². The van der Waals surface area contributed by atoms with E-state index in [1.54, 1.807) is 19.2 Å². The van der Waals surface area contributed by atoms with Gasteiger partial charge in [-0.1, -0.05) is 41.5 Å². The van der Waals surface area contributed by atoms with Crippen molar-refractivity contribution in [2.24, 2.45) is 17.8 Å². The zero-order valence-electron chi connectivity index (χ0n) is 24.0. The lowest BCUT2D eigenvalue weighted by atomic mass is 10.0. The second-order valence-electron chi connectivity index (χ2n) is 11.3. The largest absolute Gasteiger partial charge is 0.443 e. The van der Waals surface area contributed by atoms with Crippen LogP contribution in [-0.2, 0) is 9.59 Å². The normalized spacial score (nSPS) is 21.5. The van der Waals surface area contributed by atoms with Crippen LogP contribution in [0.3, 0.4) is 0 Å². The molecule has 2 aromatic heterocycles. The summed E-state index contributed by atoms with van der Waals surface area (Å²) >= 11 is 1.29. The molecule has 0 radical (unpaired) electrons. The average molecular weight is 561 g/mol. The highest BCUT2D eigenvalue weighted by Gasteiger charge is 2.31. The van der Waals surface area contributed by atoms with Crippen molar-refractivity contribution in [2.45, 2.75) is 79.9 Å². The van der Waals surface area contributed by atoms with Crippen LogP contribution in [0.15, 0.2) is 9.80 Å². The maximum atomic E-state index is 13.2. The quantitative estimate of drug-likeness (QED) is 0.519. The molecule has 0 aliphatic carbocycles. The van der Waals surface area contributed by atoms with Crippen molar-refractivity contribution in [3.05, 3.63) is 33.4 Å². The van der Waals surface area contributed by atoms with Gasteiger partial charge >= 0.3 is 0 Å². The van der Waals surface area contributed by atoms with E-state index in [0.717, 1.165) is 0 Å². The molecule has 0 fully saturated rings. The lowest BCUT2D eigenvalue weighted by Crippen LogP contribution is -2.49. The molecule has 0 saturated carbocycles. The van der Waals surface area contributed by atoms with Gasteiger partial charge in [0.2, 0.25) is 17.7 Å². The number of thiazole rings is 1. The lowest BCUT2D eigenvalue weighted by molar-refractivity contribution is -0.137. The van der Waals surface area contributed by atoms with E-state index in [2.05, 4.69) is 25.9 Å². The maximum Gasteiger partial charge on any atom is 0.273 e. The molecule has 11 nitrogen and oxygen atoms in total. The number of aromatic nitrogens is 2.